The molecular weight excluding hydrogens is 322 g/mol. The molecule has 5 rings (SSSR count). The molecule has 1 fully saturated rings. The summed E-state index contributed by atoms with van der Waals surface area (Å²) in [4.78, 5) is 14.8. The van der Waals surface area contributed by atoms with Gasteiger partial charge in [-0.15, -0.1) is 0 Å². The topological polar surface area (TPSA) is 56.8 Å². The molecule has 1 aliphatic rings. The molecule has 5 nitrogen and oxygen atoms in total. The van der Waals surface area contributed by atoms with Gasteiger partial charge in [0.15, 0.2) is 0 Å². The zero-order valence-corrected chi connectivity index (χ0v) is 14.5. The summed E-state index contributed by atoms with van der Waals surface area (Å²) in [7, 11) is 0. The van der Waals surface area contributed by atoms with Crippen LogP contribution in [0.2, 0.25) is 0 Å². The Kier molecular flexibility index (Phi) is 3.79. The van der Waals surface area contributed by atoms with Crippen LogP contribution >= 0.6 is 0 Å². The van der Waals surface area contributed by atoms with Crippen LogP contribution < -0.4 is 5.32 Å². The first-order valence-electron chi connectivity index (χ1n) is 9.10. The van der Waals surface area contributed by atoms with E-state index in [-0.39, 0.29) is 0 Å². The van der Waals surface area contributed by atoms with Gasteiger partial charge in [0.25, 0.3) is 0 Å². The van der Waals surface area contributed by atoms with Crippen LogP contribution in [0.1, 0.15) is 12.2 Å². The van der Waals surface area contributed by atoms with Crippen molar-refractivity contribution in [3.8, 4) is 0 Å². The van der Waals surface area contributed by atoms with Gasteiger partial charge in [0.05, 0.1) is 17.6 Å². The fourth-order valence-corrected chi connectivity index (χ4v) is 3.85. The van der Waals surface area contributed by atoms with Gasteiger partial charge in [-0.2, -0.15) is 0 Å². The smallest absolute Gasteiger partial charge is 0.121 e. The summed E-state index contributed by atoms with van der Waals surface area (Å²) in [5.41, 5.74) is 3.35. The molecule has 1 unspecified atom stereocenters. The summed E-state index contributed by atoms with van der Waals surface area (Å²) in [6, 6.07) is 17.1. The van der Waals surface area contributed by atoms with Crippen molar-refractivity contribution in [3.63, 3.8) is 0 Å². The number of pyridine rings is 1. The second-order valence-corrected chi connectivity index (χ2v) is 6.97. The molecule has 0 radical (unpaired) electrons. The number of hydrogen-bond acceptors (Lipinski definition) is 4. The third kappa shape index (κ3) is 2.91. The zero-order valence-electron chi connectivity index (χ0n) is 14.5. The third-order valence-electron chi connectivity index (χ3n) is 5.12. The van der Waals surface area contributed by atoms with E-state index in [1.165, 1.54) is 16.5 Å². The number of aromatic nitrogens is 3. The van der Waals surface area contributed by atoms with Crippen molar-refractivity contribution in [1.82, 2.24) is 19.9 Å². The molecule has 0 aliphatic carbocycles. The van der Waals surface area contributed by atoms with E-state index in [0.29, 0.717) is 6.04 Å². The summed E-state index contributed by atoms with van der Waals surface area (Å²) < 4.78 is 0. The predicted molar refractivity (Wildman–Crippen MR) is 105 cm³/mol. The summed E-state index contributed by atoms with van der Waals surface area (Å²) in [6.45, 7) is 2.98. The maximum atomic E-state index is 4.70. The summed E-state index contributed by atoms with van der Waals surface area (Å²) >= 11 is 0. The normalized spacial score (nSPS) is 17.9. The Morgan fingerprint density at radius 1 is 1.12 bits per heavy atom. The summed E-state index contributed by atoms with van der Waals surface area (Å²) in [6.07, 6.45) is 4.92. The van der Waals surface area contributed by atoms with Crippen LogP contribution in [0, 0.1) is 0 Å². The Balaban J connectivity index is 1.28. The van der Waals surface area contributed by atoms with Crippen LogP contribution in [0.4, 0.5) is 5.69 Å². The zero-order chi connectivity index (χ0) is 17.3. The summed E-state index contributed by atoms with van der Waals surface area (Å²) in [5, 5.41) is 6.14. The van der Waals surface area contributed by atoms with Crippen LogP contribution in [0.15, 0.2) is 60.9 Å². The molecule has 1 saturated heterocycles. The van der Waals surface area contributed by atoms with E-state index < -0.39 is 0 Å². The molecular formula is C21H21N5. The summed E-state index contributed by atoms with van der Waals surface area (Å²) in [5.74, 6) is 1.04. The second kappa shape index (κ2) is 6.42. The number of H-pyrrole nitrogens is 1. The number of para-hydroxylation sites is 2. The molecule has 0 bridgehead atoms. The average Bonchev–Trinajstić information content (AvgIpc) is 3.28. The van der Waals surface area contributed by atoms with Gasteiger partial charge < -0.3 is 10.3 Å². The standard InChI is InChI=1S/C21H21N5/c1-2-6-20-19(5-1)24-21(25-20)14-26-11-9-16(13-26)23-18-7-3-4-15-12-22-10-8-17(15)18/h1-8,10,12,16,23H,9,11,13-14H2,(H,24,25). The first-order chi connectivity index (χ1) is 12.8. The molecule has 1 aliphatic heterocycles. The Morgan fingerprint density at radius 2 is 2.08 bits per heavy atom. The average molecular weight is 343 g/mol. The van der Waals surface area contributed by atoms with Crippen molar-refractivity contribution in [2.75, 3.05) is 18.4 Å². The van der Waals surface area contributed by atoms with E-state index in [2.05, 4.69) is 56.6 Å². The molecule has 1 atom stereocenters. The van der Waals surface area contributed by atoms with Crippen molar-refractivity contribution in [3.05, 3.63) is 66.7 Å². The third-order valence-corrected chi connectivity index (χ3v) is 5.12. The molecule has 0 amide bonds. The van der Waals surface area contributed by atoms with Gasteiger partial charge in [0, 0.05) is 48.0 Å². The lowest BCUT2D eigenvalue weighted by molar-refractivity contribution is 0.321. The number of benzene rings is 2. The Bertz CT molecular complexity index is 1020. The van der Waals surface area contributed by atoms with E-state index in [0.717, 1.165) is 42.9 Å². The highest BCUT2D eigenvalue weighted by molar-refractivity contribution is 5.93. The first-order valence-corrected chi connectivity index (χ1v) is 9.10. The van der Waals surface area contributed by atoms with Crippen molar-refractivity contribution < 1.29 is 0 Å². The van der Waals surface area contributed by atoms with E-state index in [1.807, 2.05) is 24.5 Å². The number of anilines is 1. The molecule has 5 heteroatoms. The van der Waals surface area contributed by atoms with Gasteiger partial charge >= 0.3 is 0 Å². The number of rotatable bonds is 4. The lowest BCUT2D eigenvalue weighted by Crippen LogP contribution is -2.26. The van der Waals surface area contributed by atoms with Crippen LogP contribution in [0.5, 0.6) is 0 Å². The molecule has 2 N–H and O–H groups in total. The minimum atomic E-state index is 0.457. The van der Waals surface area contributed by atoms with Gasteiger partial charge in [-0.1, -0.05) is 24.3 Å². The van der Waals surface area contributed by atoms with Crippen molar-refractivity contribution in [1.29, 1.82) is 0 Å². The second-order valence-electron chi connectivity index (χ2n) is 6.97. The van der Waals surface area contributed by atoms with Gasteiger partial charge in [-0.25, -0.2) is 4.98 Å². The van der Waals surface area contributed by atoms with Gasteiger partial charge in [-0.3, -0.25) is 9.88 Å². The maximum Gasteiger partial charge on any atom is 0.121 e. The highest BCUT2D eigenvalue weighted by Crippen LogP contribution is 2.25. The highest BCUT2D eigenvalue weighted by Gasteiger charge is 2.23. The molecule has 0 saturated carbocycles. The first kappa shape index (κ1) is 15.3. The fourth-order valence-electron chi connectivity index (χ4n) is 3.85. The van der Waals surface area contributed by atoms with Crippen LogP contribution in [-0.4, -0.2) is 39.0 Å². The molecule has 130 valence electrons. The minimum absolute atomic E-state index is 0.457. The molecule has 4 aromatic rings. The van der Waals surface area contributed by atoms with Crippen molar-refractivity contribution in [2.24, 2.45) is 0 Å². The van der Waals surface area contributed by atoms with E-state index in [4.69, 9.17) is 4.98 Å². The Hall–Kier alpha value is -2.92. The lowest BCUT2D eigenvalue weighted by Gasteiger charge is -2.17. The quantitative estimate of drug-likeness (QED) is 0.592. The molecule has 3 heterocycles. The SMILES string of the molecule is c1cc(NC2CCN(Cc3nc4ccccc4[nH]3)C2)c2ccncc2c1. The van der Waals surface area contributed by atoms with Crippen LogP contribution in [0.3, 0.4) is 0 Å². The number of likely N-dealkylation sites (tertiary alicyclic amines) is 1. The van der Waals surface area contributed by atoms with Crippen molar-refractivity contribution >= 4 is 27.5 Å². The number of nitrogens with one attached hydrogen (secondary N) is 2. The number of hydrogen-bond donors (Lipinski definition) is 2. The molecule has 2 aromatic heterocycles. The fraction of sp³-hybridized carbons (Fsp3) is 0.238. The van der Waals surface area contributed by atoms with Crippen LogP contribution in [0.25, 0.3) is 21.8 Å². The lowest BCUT2D eigenvalue weighted by atomic mass is 10.1. The molecule has 2 aromatic carbocycles. The van der Waals surface area contributed by atoms with E-state index in [1.54, 1.807) is 0 Å². The minimum Gasteiger partial charge on any atom is -0.380 e. The largest absolute Gasteiger partial charge is 0.380 e. The molecule has 26 heavy (non-hydrogen) atoms. The van der Waals surface area contributed by atoms with E-state index >= 15 is 0 Å². The Labute approximate surface area is 152 Å². The molecule has 0 spiro atoms. The number of fused-ring (bicyclic) bond motifs is 2. The Morgan fingerprint density at radius 3 is 3.04 bits per heavy atom. The van der Waals surface area contributed by atoms with E-state index in [9.17, 15) is 0 Å². The monoisotopic (exact) mass is 343 g/mol. The van der Waals surface area contributed by atoms with Gasteiger partial charge in [0.1, 0.15) is 5.82 Å². The van der Waals surface area contributed by atoms with Crippen molar-refractivity contribution in [2.45, 2.75) is 19.0 Å². The predicted octanol–water partition coefficient (Wildman–Crippen LogP) is 3.80. The maximum absolute atomic E-state index is 4.70. The number of aromatic amines is 1. The van der Waals surface area contributed by atoms with Gasteiger partial charge in [0.2, 0.25) is 0 Å². The van der Waals surface area contributed by atoms with Gasteiger partial charge in [-0.05, 0) is 30.7 Å². The number of imidazole rings is 1. The number of nitrogens with zero attached hydrogens (tertiary/aromatic N) is 3. The van der Waals surface area contributed by atoms with Crippen LogP contribution in [-0.2, 0) is 6.54 Å². The highest BCUT2D eigenvalue weighted by atomic mass is 15.2.